The number of carbonyl (C=O) groups is 2. The normalized spacial score (nSPS) is 13.9. The molecule has 0 radical (unpaired) electrons. The lowest BCUT2D eigenvalue weighted by molar-refractivity contribution is -0.161. The van der Waals surface area contributed by atoms with Crippen LogP contribution in [0.25, 0.3) is 0 Å². The van der Waals surface area contributed by atoms with Crippen LogP contribution in [0.5, 0.6) is 0 Å². The second-order valence-corrected chi connectivity index (χ2v) is 13.2. The summed E-state index contributed by atoms with van der Waals surface area (Å²) in [6, 6.07) is 0. The van der Waals surface area contributed by atoms with Crippen LogP contribution < -0.4 is 5.73 Å². The van der Waals surface area contributed by atoms with E-state index in [9.17, 15) is 19.0 Å². The van der Waals surface area contributed by atoms with Crippen molar-refractivity contribution in [2.75, 3.05) is 26.4 Å². The van der Waals surface area contributed by atoms with Gasteiger partial charge in [0, 0.05) is 19.4 Å². The average Bonchev–Trinajstić information content (AvgIpc) is 3.04. The number of allylic oxidation sites excluding steroid dienone is 6. The minimum absolute atomic E-state index is 0.0491. The van der Waals surface area contributed by atoms with E-state index < -0.39 is 32.5 Å². The zero-order valence-corrected chi connectivity index (χ0v) is 29.9. The first kappa shape index (κ1) is 44.2. The highest BCUT2D eigenvalue weighted by molar-refractivity contribution is 7.47. The third-order valence-electron chi connectivity index (χ3n) is 7.25. The molecular weight excluding hydrogens is 605 g/mol. The number of phosphoric acid groups is 1. The van der Waals surface area contributed by atoms with Crippen LogP contribution in [0.2, 0.25) is 0 Å². The lowest BCUT2D eigenvalue weighted by atomic mass is 10.1. The molecule has 0 aromatic heterocycles. The molecule has 0 aliphatic heterocycles. The van der Waals surface area contributed by atoms with Gasteiger partial charge >= 0.3 is 19.8 Å². The Labute approximate surface area is 280 Å². The van der Waals surface area contributed by atoms with Crippen LogP contribution in [0.15, 0.2) is 36.5 Å². The van der Waals surface area contributed by atoms with Gasteiger partial charge in [-0.2, -0.15) is 0 Å². The number of carbonyl (C=O) groups excluding carboxylic acids is 2. The highest BCUT2D eigenvalue weighted by Gasteiger charge is 2.25. The summed E-state index contributed by atoms with van der Waals surface area (Å²) in [5, 5.41) is 0. The molecule has 0 aliphatic rings. The molecule has 0 bridgehead atoms. The first-order valence-corrected chi connectivity index (χ1v) is 19.5. The summed E-state index contributed by atoms with van der Waals surface area (Å²) in [6.07, 6.45) is 33.2. The first-order chi connectivity index (χ1) is 22.3. The first-order valence-electron chi connectivity index (χ1n) is 18.0. The average molecular weight is 672 g/mol. The van der Waals surface area contributed by atoms with Gasteiger partial charge in [-0.15, -0.1) is 0 Å². The molecule has 0 rings (SSSR count). The molecule has 3 N–H and O–H groups in total. The van der Waals surface area contributed by atoms with Gasteiger partial charge in [0.05, 0.1) is 13.2 Å². The van der Waals surface area contributed by atoms with Crippen molar-refractivity contribution in [3.05, 3.63) is 36.5 Å². The quantitative estimate of drug-likeness (QED) is 0.0303. The molecular formula is C36H66NO8P. The van der Waals surface area contributed by atoms with Gasteiger partial charge in [-0.25, -0.2) is 4.57 Å². The number of nitrogens with two attached hydrogens (primary N) is 1. The molecule has 0 aromatic rings. The van der Waals surface area contributed by atoms with Crippen LogP contribution in [0.4, 0.5) is 0 Å². The van der Waals surface area contributed by atoms with Crippen molar-refractivity contribution in [1.29, 1.82) is 0 Å². The highest BCUT2D eigenvalue weighted by atomic mass is 31.2. The summed E-state index contributed by atoms with van der Waals surface area (Å²) < 4.78 is 32.5. The SMILES string of the molecule is CCCC/C=C\C/C=C\CCCCCCCC(=O)OC(COC(=O)CCCCCCC/C=C\CCCC)COP(=O)(O)OCCN. The standard InChI is InChI=1S/C36H66NO8P/c1-3-5-7-9-11-13-15-16-17-19-21-23-25-27-29-36(39)45-34(33-44-46(40,41)43-31-30-37)32-42-35(38)28-26-24-22-20-18-14-12-10-8-6-4-2/h9-12,15-16,34H,3-8,13-14,17-33,37H2,1-2H3,(H,40,41)/b11-9-,12-10-,16-15-. The van der Waals surface area contributed by atoms with E-state index in [0.29, 0.717) is 6.42 Å². The number of hydrogen-bond acceptors (Lipinski definition) is 8. The van der Waals surface area contributed by atoms with Crippen molar-refractivity contribution in [2.24, 2.45) is 5.73 Å². The zero-order valence-electron chi connectivity index (χ0n) is 29.0. The second kappa shape index (κ2) is 33.1. The number of phosphoric ester groups is 1. The Morgan fingerprint density at radius 2 is 1.13 bits per heavy atom. The van der Waals surface area contributed by atoms with Crippen LogP contribution in [0, 0.1) is 0 Å². The Bertz CT molecular complexity index is 861. The lowest BCUT2D eigenvalue weighted by Crippen LogP contribution is -2.29. The number of hydrogen-bond donors (Lipinski definition) is 2. The van der Waals surface area contributed by atoms with E-state index in [1.165, 1.54) is 25.7 Å². The summed E-state index contributed by atoms with van der Waals surface area (Å²) in [4.78, 5) is 34.6. The molecule has 10 heteroatoms. The molecule has 0 spiro atoms. The van der Waals surface area contributed by atoms with Crippen molar-refractivity contribution >= 4 is 19.8 Å². The molecule has 0 aliphatic carbocycles. The third-order valence-corrected chi connectivity index (χ3v) is 8.23. The van der Waals surface area contributed by atoms with Crippen LogP contribution in [-0.4, -0.2) is 49.3 Å². The maximum Gasteiger partial charge on any atom is 0.472 e. The van der Waals surface area contributed by atoms with Gasteiger partial charge in [0.25, 0.3) is 0 Å². The molecule has 0 amide bonds. The fraction of sp³-hybridized carbons (Fsp3) is 0.778. The van der Waals surface area contributed by atoms with Crippen molar-refractivity contribution < 1.29 is 37.6 Å². The minimum atomic E-state index is -4.37. The van der Waals surface area contributed by atoms with Crippen LogP contribution in [0.3, 0.4) is 0 Å². The van der Waals surface area contributed by atoms with Crippen LogP contribution in [0.1, 0.15) is 149 Å². The summed E-state index contributed by atoms with van der Waals surface area (Å²) in [6.45, 7) is 3.60. The molecule has 2 atom stereocenters. The van der Waals surface area contributed by atoms with Gasteiger partial charge in [-0.1, -0.05) is 115 Å². The van der Waals surface area contributed by atoms with E-state index in [4.69, 9.17) is 24.3 Å². The van der Waals surface area contributed by atoms with Gasteiger partial charge in [0.1, 0.15) is 6.61 Å². The van der Waals surface area contributed by atoms with Gasteiger partial charge in [-0.3, -0.25) is 18.6 Å². The molecule has 0 heterocycles. The second-order valence-electron chi connectivity index (χ2n) is 11.7. The Kier molecular flexibility index (Phi) is 31.9. The van der Waals surface area contributed by atoms with Gasteiger partial charge in [0.2, 0.25) is 0 Å². The van der Waals surface area contributed by atoms with Crippen LogP contribution >= 0.6 is 7.82 Å². The van der Waals surface area contributed by atoms with Crippen LogP contribution in [-0.2, 0) is 32.7 Å². The molecule has 0 fully saturated rings. The van der Waals surface area contributed by atoms with Gasteiger partial charge in [0.15, 0.2) is 6.10 Å². The van der Waals surface area contributed by atoms with Gasteiger partial charge < -0.3 is 20.1 Å². The Morgan fingerprint density at radius 3 is 1.67 bits per heavy atom. The molecule has 0 aromatic carbocycles. The molecule has 9 nitrogen and oxygen atoms in total. The fourth-order valence-electron chi connectivity index (χ4n) is 4.51. The monoisotopic (exact) mass is 671 g/mol. The van der Waals surface area contributed by atoms with Crippen molar-refractivity contribution in [2.45, 2.75) is 155 Å². The molecule has 268 valence electrons. The lowest BCUT2D eigenvalue weighted by Gasteiger charge is -2.19. The Morgan fingerprint density at radius 1 is 0.652 bits per heavy atom. The van der Waals surface area contributed by atoms with Gasteiger partial charge in [-0.05, 0) is 57.8 Å². The topological polar surface area (TPSA) is 134 Å². The van der Waals surface area contributed by atoms with E-state index in [-0.39, 0.29) is 32.6 Å². The zero-order chi connectivity index (χ0) is 34.0. The van der Waals surface area contributed by atoms with E-state index >= 15 is 0 Å². The fourth-order valence-corrected chi connectivity index (χ4v) is 5.28. The largest absolute Gasteiger partial charge is 0.472 e. The predicted octanol–water partition coefficient (Wildman–Crippen LogP) is 9.43. The third kappa shape index (κ3) is 32.2. The Hall–Kier alpha value is -1.77. The summed E-state index contributed by atoms with van der Waals surface area (Å²) in [7, 11) is -4.37. The molecule has 2 unspecified atom stereocenters. The van der Waals surface area contributed by atoms with E-state index in [0.717, 1.165) is 89.9 Å². The molecule has 0 saturated carbocycles. The number of ether oxygens (including phenoxy) is 2. The van der Waals surface area contributed by atoms with Crippen molar-refractivity contribution in [3.8, 4) is 0 Å². The van der Waals surface area contributed by atoms with E-state index in [2.05, 4.69) is 50.3 Å². The molecule has 46 heavy (non-hydrogen) atoms. The maximum atomic E-state index is 12.5. The summed E-state index contributed by atoms with van der Waals surface area (Å²) >= 11 is 0. The smallest absolute Gasteiger partial charge is 0.462 e. The minimum Gasteiger partial charge on any atom is -0.462 e. The van der Waals surface area contributed by atoms with E-state index in [1.807, 2.05) is 0 Å². The summed E-state index contributed by atoms with van der Waals surface area (Å²) in [5.41, 5.74) is 5.32. The molecule has 0 saturated heterocycles. The predicted molar refractivity (Wildman–Crippen MR) is 187 cm³/mol. The van der Waals surface area contributed by atoms with E-state index in [1.54, 1.807) is 0 Å². The highest BCUT2D eigenvalue weighted by Crippen LogP contribution is 2.43. The maximum absolute atomic E-state index is 12.5. The van der Waals surface area contributed by atoms with Crippen molar-refractivity contribution in [1.82, 2.24) is 0 Å². The Balaban J connectivity index is 4.30. The van der Waals surface area contributed by atoms with Crippen molar-refractivity contribution in [3.63, 3.8) is 0 Å². The summed E-state index contributed by atoms with van der Waals surface area (Å²) in [5.74, 6) is -0.861. The number of unbranched alkanes of at least 4 members (excludes halogenated alkanes) is 14. The number of rotatable bonds is 33. The number of esters is 2.